The number of benzene rings is 1. The average Bonchev–Trinajstić information content (AvgIpc) is 3.01. The maximum absolute atomic E-state index is 5.58. The van der Waals surface area contributed by atoms with E-state index in [1.54, 1.807) is 0 Å². The monoisotopic (exact) mass is 386 g/mol. The van der Waals surface area contributed by atoms with E-state index in [1.165, 1.54) is 38.5 Å². The zero-order valence-corrected chi connectivity index (χ0v) is 15.4. The van der Waals surface area contributed by atoms with Gasteiger partial charge in [0.15, 0.2) is 5.76 Å². The molecule has 4 aliphatic rings. The molecular formula is C20H23BrN2O. The molecule has 1 aromatic carbocycles. The summed E-state index contributed by atoms with van der Waals surface area (Å²) < 4.78 is 6.63. The Kier molecular flexibility index (Phi) is 3.60. The molecule has 6 rings (SSSR count). The van der Waals surface area contributed by atoms with Crippen LogP contribution in [0.15, 0.2) is 39.3 Å². The zero-order valence-electron chi connectivity index (χ0n) is 13.8. The van der Waals surface area contributed by atoms with Gasteiger partial charge >= 0.3 is 0 Å². The minimum absolute atomic E-state index is 0.376. The van der Waals surface area contributed by atoms with Gasteiger partial charge in [-0.25, -0.2) is 0 Å². The van der Waals surface area contributed by atoms with Crippen molar-refractivity contribution in [2.75, 3.05) is 0 Å². The fourth-order valence-corrected chi connectivity index (χ4v) is 6.27. The van der Waals surface area contributed by atoms with E-state index in [4.69, 9.17) is 4.52 Å². The van der Waals surface area contributed by atoms with Crippen LogP contribution in [-0.4, -0.2) is 10.7 Å². The first-order valence-corrected chi connectivity index (χ1v) is 9.94. The molecule has 0 spiro atoms. The van der Waals surface area contributed by atoms with Gasteiger partial charge in [-0.15, -0.1) is 0 Å². The molecule has 1 heterocycles. The minimum atomic E-state index is 0.376. The third kappa shape index (κ3) is 2.64. The molecule has 1 N–H and O–H groups in total. The standard InChI is InChI=1S/C20H23BrN2O/c21-18-4-2-1-3-17(18)19-8-16(23-24-19)12-22-20-9-13-5-14(10-20)7-15(6-13)11-20/h1-4,8,13-15,22H,5-7,9-12H2. The largest absolute Gasteiger partial charge is 0.356 e. The van der Waals surface area contributed by atoms with Crippen LogP contribution in [0.2, 0.25) is 0 Å². The van der Waals surface area contributed by atoms with Crippen molar-refractivity contribution in [3.05, 3.63) is 40.5 Å². The minimum Gasteiger partial charge on any atom is -0.356 e. The fourth-order valence-electron chi connectivity index (χ4n) is 5.79. The van der Waals surface area contributed by atoms with Gasteiger partial charge in [0.1, 0.15) is 0 Å². The van der Waals surface area contributed by atoms with E-state index in [9.17, 15) is 0 Å². The number of rotatable bonds is 4. The number of hydrogen-bond acceptors (Lipinski definition) is 3. The van der Waals surface area contributed by atoms with E-state index in [2.05, 4.69) is 38.5 Å². The summed E-state index contributed by atoms with van der Waals surface area (Å²) >= 11 is 3.59. The molecule has 4 bridgehead atoms. The SMILES string of the molecule is Brc1ccccc1-c1cc(CNC23CC4CC(CC(C4)C2)C3)no1. The lowest BCUT2D eigenvalue weighted by atomic mass is 9.53. The molecule has 4 fully saturated rings. The summed E-state index contributed by atoms with van der Waals surface area (Å²) in [6, 6.07) is 10.2. The summed E-state index contributed by atoms with van der Waals surface area (Å²) in [6.07, 6.45) is 8.56. The van der Waals surface area contributed by atoms with Crippen LogP contribution in [0.25, 0.3) is 11.3 Å². The molecular weight excluding hydrogens is 364 g/mol. The van der Waals surface area contributed by atoms with Crippen molar-refractivity contribution in [3.8, 4) is 11.3 Å². The van der Waals surface area contributed by atoms with Gasteiger partial charge in [0, 0.05) is 28.2 Å². The summed E-state index contributed by atoms with van der Waals surface area (Å²) in [5.74, 6) is 3.75. The van der Waals surface area contributed by atoms with E-state index in [0.29, 0.717) is 5.54 Å². The number of aromatic nitrogens is 1. The number of nitrogens with one attached hydrogen (secondary N) is 1. The first-order chi connectivity index (χ1) is 11.7. The molecule has 0 radical (unpaired) electrons. The second kappa shape index (κ2) is 5.70. The van der Waals surface area contributed by atoms with E-state index >= 15 is 0 Å². The van der Waals surface area contributed by atoms with E-state index in [-0.39, 0.29) is 0 Å². The van der Waals surface area contributed by atoms with Gasteiger partial charge in [0.2, 0.25) is 0 Å². The fraction of sp³-hybridized carbons (Fsp3) is 0.550. The quantitative estimate of drug-likeness (QED) is 0.787. The highest BCUT2D eigenvalue weighted by Crippen LogP contribution is 2.55. The van der Waals surface area contributed by atoms with Gasteiger partial charge in [-0.05, 0) is 68.4 Å². The third-order valence-corrected chi connectivity index (χ3v) is 7.07. The molecule has 0 amide bonds. The summed E-state index contributed by atoms with van der Waals surface area (Å²) in [4.78, 5) is 0. The highest BCUT2D eigenvalue weighted by molar-refractivity contribution is 9.10. The maximum atomic E-state index is 5.58. The van der Waals surface area contributed by atoms with Crippen LogP contribution in [0.4, 0.5) is 0 Å². The van der Waals surface area contributed by atoms with Crippen LogP contribution < -0.4 is 5.32 Å². The Labute approximate surface area is 151 Å². The molecule has 1 aromatic heterocycles. The average molecular weight is 387 g/mol. The first-order valence-electron chi connectivity index (χ1n) is 9.15. The maximum Gasteiger partial charge on any atom is 0.168 e. The van der Waals surface area contributed by atoms with Crippen molar-refractivity contribution in [3.63, 3.8) is 0 Å². The third-order valence-electron chi connectivity index (χ3n) is 6.38. The molecule has 0 atom stereocenters. The van der Waals surface area contributed by atoms with Gasteiger partial charge < -0.3 is 9.84 Å². The lowest BCUT2D eigenvalue weighted by Gasteiger charge is -2.57. The van der Waals surface area contributed by atoms with E-state index in [1.807, 2.05) is 18.2 Å². The molecule has 4 heteroatoms. The highest BCUT2D eigenvalue weighted by atomic mass is 79.9. The summed E-state index contributed by atoms with van der Waals surface area (Å²) in [7, 11) is 0. The summed E-state index contributed by atoms with van der Waals surface area (Å²) in [5.41, 5.74) is 2.45. The van der Waals surface area contributed by atoms with Gasteiger partial charge in [0.05, 0.1) is 5.69 Å². The van der Waals surface area contributed by atoms with Crippen LogP contribution in [0, 0.1) is 17.8 Å². The van der Waals surface area contributed by atoms with Crippen molar-refractivity contribution in [1.82, 2.24) is 10.5 Å². The van der Waals surface area contributed by atoms with Crippen LogP contribution in [-0.2, 0) is 6.54 Å². The molecule has 0 unspecified atom stereocenters. The normalized spacial score (nSPS) is 34.0. The molecule has 2 aromatic rings. The van der Waals surface area contributed by atoms with Crippen molar-refractivity contribution < 1.29 is 4.52 Å². The van der Waals surface area contributed by atoms with Crippen molar-refractivity contribution in [2.24, 2.45) is 17.8 Å². The van der Waals surface area contributed by atoms with Crippen LogP contribution >= 0.6 is 15.9 Å². The van der Waals surface area contributed by atoms with Crippen molar-refractivity contribution in [2.45, 2.75) is 50.6 Å². The van der Waals surface area contributed by atoms with Crippen LogP contribution in [0.3, 0.4) is 0 Å². The summed E-state index contributed by atoms with van der Waals surface area (Å²) in [5, 5.41) is 8.18. The number of nitrogens with zero attached hydrogens (tertiary/aromatic N) is 1. The Balaban J connectivity index is 1.30. The molecule has 3 nitrogen and oxygen atoms in total. The lowest BCUT2D eigenvalue weighted by molar-refractivity contribution is -0.0208. The van der Waals surface area contributed by atoms with Crippen molar-refractivity contribution >= 4 is 15.9 Å². The molecule has 0 aliphatic heterocycles. The summed E-state index contributed by atoms with van der Waals surface area (Å²) in [6.45, 7) is 0.820. The Morgan fingerprint density at radius 2 is 1.75 bits per heavy atom. The number of hydrogen-bond donors (Lipinski definition) is 1. The van der Waals surface area contributed by atoms with E-state index < -0.39 is 0 Å². The van der Waals surface area contributed by atoms with Crippen LogP contribution in [0.5, 0.6) is 0 Å². The molecule has 4 aliphatic carbocycles. The predicted octanol–water partition coefficient (Wildman–Crippen LogP) is 5.16. The highest BCUT2D eigenvalue weighted by Gasteiger charge is 2.50. The molecule has 0 saturated heterocycles. The second-order valence-electron chi connectivity index (χ2n) is 8.21. The van der Waals surface area contributed by atoms with Gasteiger partial charge in [-0.2, -0.15) is 0 Å². The molecule has 24 heavy (non-hydrogen) atoms. The predicted molar refractivity (Wildman–Crippen MR) is 97.4 cm³/mol. The number of halogens is 1. The van der Waals surface area contributed by atoms with E-state index in [0.717, 1.165) is 45.8 Å². The smallest absolute Gasteiger partial charge is 0.168 e. The van der Waals surface area contributed by atoms with Gasteiger partial charge in [0.25, 0.3) is 0 Å². The van der Waals surface area contributed by atoms with Crippen molar-refractivity contribution in [1.29, 1.82) is 0 Å². The second-order valence-corrected chi connectivity index (χ2v) is 9.07. The first kappa shape index (κ1) is 15.2. The Morgan fingerprint density at radius 1 is 1.08 bits per heavy atom. The topological polar surface area (TPSA) is 38.1 Å². The Morgan fingerprint density at radius 3 is 2.42 bits per heavy atom. The molecule has 4 saturated carbocycles. The van der Waals surface area contributed by atoms with Crippen LogP contribution in [0.1, 0.15) is 44.2 Å². The lowest BCUT2D eigenvalue weighted by Crippen LogP contribution is -2.58. The Bertz CT molecular complexity index is 718. The van der Waals surface area contributed by atoms with Gasteiger partial charge in [-0.1, -0.05) is 33.2 Å². The molecule has 126 valence electrons. The van der Waals surface area contributed by atoms with Gasteiger partial charge in [-0.3, -0.25) is 0 Å². The zero-order chi connectivity index (χ0) is 16.1. The Hall–Kier alpha value is -1.13.